The van der Waals surface area contributed by atoms with Crippen molar-refractivity contribution in [2.45, 2.75) is 0 Å². The number of hydrogen-bond donors (Lipinski definition) is 0. The molecule has 0 radical (unpaired) electrons. The molecule has 98 heavy (non-hydrogen) atoms. The lowest BCUT2D eigenvalue weighted by Crippen LogP contribution is -1.93. The van der Waals surface area contributed by atoms with Crippen LogP contribution in [0.5, 0.6) is 0 Å². The highest BCUT2D eigenvalue weighted by Gasteiger charge is 2.20. The molecule has 0 unspecified atom stereocenters. The van der Waals surface area contributed by atoms with E-state index in [2.05, 4.69) is 394 Å². The normalized spacial score (nSPS) is 11.7. The van der Waals surface area contributed by atoms with E-state index in [9.17, 15) is 0 Å². The first-order valence-electron chi connectivity index (χ1n) is 33.7. The molecule has 0 aliphatic heterocycles. The lowest BCUT2D eigenvalue weighted by Gasteiger charge is -2.13. The van der Waals surface area contributed by atoms with E-state index in [0.717, 1.165) is 0 Å². The van der Waals surface area contributed by atoms with Gasteiger partial charge in [0.25, 0.3) is 0 Å². The maximum Gasteiger partial charge on any atom is 0.0541 e. The predicted molar refractivity (Wildman–Crippen MR) is 415 cm³/mol. The van der Waals surface area contributed by atoms with Gasteiger partial charge in [0.05, 0.1) is 44.1 Å². The first kappa shape index (κ1) is 56.5. The third kappa shape index (κ3) is 9.45. The molecule has 20 rings (SSSR count). The fraction of sp³-hybridized carbons (Fsp3) is 0. The molecule has 0 N–H and O–H groups in total. The molecule has 0 bridgehead atoms. The highest BCUT2D eigenvalue weighted by molar-refractivity contribution is 6.16. The van der Waals surface area contributed by atoms with E-state index in [0.29, 0.717) is 0 Å². The van der Waals surface area contributed by atoms with Gasteiger partial charge in [-0.2, -0.15) is 0 Å². The Labute approximate surface area is 567 Å². The average molecular weight is 1250 g/mol. The summed E-state index contributed by atoms with van der Waals surface area (Å²) in [5.74, 6) is 0. The van der Waals surface area contributed by atoms with Gasteiger partial charge in [0.15, 0.2) is 0 Å². The smallest absolute Gasteiger partial charge is 0.0541 e. The quantitative estimate of drug-likeness (QED) is 0.137. The zero-order chi connectivity index (χ0) is 64.6. The largest absolute Gasteiger partial charge is 0.309 e. The second-order valence-electron chi connectivity index (χ2n) is 25.5. The van der Waals surface area contributed by atoms with Crippen molar-refractivity contribution in [3.8, 4) is 78.4 Å². The molecule has 4 aromatic heterocycles. The van der Waals surface area contributed by atoms with Crippen molar-refractivity contribution >= 4 is 98.0 Å². The first-order valence-corrected chi connectivity index (χ1v) is 33.7. The van der Waals surface area contributed by atoms with Gasteiger partial charge in [0, 0.05) is 65.8 Å². The van der Waals surface area contributed by atoms with E-state index in [4.69, 9.17) is 0 Å². The average Bonchev–Trinajstić information content (AvgIpc) is 1.64. The van der Waals surface area contributed by atoms with Crippen molar-refractivity contribution in [3.63, 3.8) is 0 Å². The van der Waals surface area contributed by atoms with Gasteiger partial charge in [0.1, 0.15) is 0 Å². The number of benzene rings is 16. The van der Waals surface area contributed by atoms with Crippen molar-refractivity contribution in [1.82, 2.24) is 18.3 Å². The summed E-state index contributed by atoms with van der Waals surface area (Å²) in [5, 5.41) is 12.6. The molecule has 0 saturated heterocycles. The second-order valence-corrected chi connectivity index (χ2v) is 25.5. The Morgan fingerprint density at radius 1 is 0.122 bits per heavy atom. The van der Waals surface area contributed by atoms with Gasteiger partial charge >= 0.3 is 0 Å². The van der Waals surface area contributed by atoms with E-state index < -0.39 is 0 Å². The summed E-state index contributed by atoms with van der Waals surface area (Å²) < 4.78 is 9.48. The van der Waals surface area contributed by atoms with Crippen LogP contribution in [0.15, 0.2) is 376 Å². The Bertz CT molecular complexity index is 6040. The summed E-state index contributed by atoms with van der Waals surface area (Å²) in [5.41, 5.74) is 26.7. The standard InChI is InChI=1S/C48H32N2.C46H30N2/c1-3-11-39(12-4-1)49-45-17-9-7-15-41(45)43-31-37(27-29-47(43)49)35-23-19-33(20-24-35)34-21-25-36(26-22-34)38-28-30-48-44(32-38)42-16-8-10-18-46(42)50(48)40-13-5-2-6-14-40;1-3-13-33(14-4-1)47-43-21-11-9-19-39(43)41-29-31(23-27-45(41)47)35-25-26-36(38-18-8-7-17-37(35)38)32-24-28-46-42(30-32)40-20-10-12-22-44(40)48(46)34-15-5-2-6-16-34/h1-32H;1-30H. The molecule has 0 fully saturated rings. The van der Waals surface area contributed by atoms with E-state index >= 15 is 0 Å². The van der Waals surface area contributed by atoms with Gasteiger partial charge in [0.2, 0.25) is 0 Å². The van der Waals surface area contributed by atoms with E-state index in [1.165, 1.54) is 176 Å². The zero-order valence-electron chi connectivity index (χ0n) is 53.6. The van der Waals surface area contributed by atoms with Crippen LogP contribution in [0.1, 0.15) is 0 Å². The van der Waals surface area contributed by atoms with Crippen LogP contribution in [0.4, 0.5) is 0 Å². The number of nitrogens with zero attached hydrogens (tertiary/aromatic N) is 4. The maximum absolute atomic E-state index is 2.38. The van der Waals surface area contributed by atoms with Crippen molar-refractivity contribution in [2.24, 2.45) is 0 Å². The van der Waals surface area contributed by atoms with Gasteiger partial charge in [-0.05, 0) is 188 Å². The molecule has 0 aliphatic rings. The summed E-state index contributed by atoms with van der Waals surface area (Å²) in [7, 11) is 0. The number of para-hydroxylation sites is 8. The van der Waals surface area contributed by atoms with Gasteiger partial charge in [-0.1, -0.05) is 255 Å². The SMILES string of the molecule is c1ccc(-n2c3ccccc3c3cc(-c4ccc(-c5ccc(-c6ccc7c(c6)c6ccccc6n7-c6ccccc6)cc5)cc4)ccc32)cc1.c1ccc(-n2c3ccccc3c3cc(-c4ccc(-c5ccc6c(c5)c5ccccc5n6-c5ccccc5)c5ccccc45)ccc32)cc1. The highest BCUT2D eigenvalue weighted by Crippen LogP contribution is 2.43. The third-order valence-corrected chi connectivity index (χ3v) is 20.1. The van der Waals surface area contributed by atoms with Crippen LogP contribution in [0.25, 0.3) is 176 Å². The van der Waals surface area contributed by atoms with Crippen LogP contribution in [0, 0.1) is 0 Å². The zero-order valence-corrected chi connectivity index (χ0v) is 53.6. The van der Waals surface area contributed by atoms with Crippen LogP contribution >= 0.6 is 0 Å². The van der Waals surface area contributed by atoms with E-state index in [1.54, 1.807) is 0 Å². The number of hydrogen-bond acceptors (Lipinski definition) is 0. The van der Waals surface area contributed by atoms with Crippen molar-refractivity contribution < 1.29 is 0 Å². The molecule has 458 valence electrons. The Morgan fingerprint density at radius 3 is 0.592 bits per heavy atom. The van der Waals surface area contributed by atoms with Gasteiger partial charge in [-0.3, -0.25) is 0 Å². The molecule has 20 aromatic rings. The Morgan fingerprint density at radius 2 is 0.316 bits per heavy atom. The number of fused-ring (bicyclic) bond motifs is 13. The van der Waals surface area contributed by atoms with Gasteiger partial charge < -0.3 is 18.3 Å². The van der Waals surface area contributed by atoms with Crippen LogP contribution in [-0.2, 0) is 0 Å². The highest BCUT2D eigenvalue weighted by atomic mass is 15.0. The van der Waals surface area contributed by atoms with Crippen molar-refractivity contribution in [1.29, 1.82) is 0 Å². The number of aromatic nitrogens is 4. The summed E-state index contributed by atoms with van der Waals surface area (Å²) in [6.07, 6.45) is 0. The Balaban J connectivity index is 0.000000137. The topological polar surface area (TPSA) is 19.7 Å². The number of rotatable bonds is 9. The second kappa shape index (κ2) is 23.5. The molecule has 0 amide bonds. The van der Waals surface area contributed by atoms with Crippen molar-refractivity contribution in [3.05, 3.63) is 376 Å². The summed E-state index contributed by atoms with van der Waals surface area (Å²) >= 11 is 0. The first-order chi connectivity index (χ1) is 48.6. The Kier molecular flexibility index (Phi) is 13.5. The summed E-state index contributed by atoms with van der Waals surface area (Å²) in [6, 6.07) is 136. The van der Waals surface area contributed by atoms with Gasteiger partial charge in [-0.25, -0.2) is 0 Å². The van der Waals surface area contributed by atoms with Crippen LogP contribution in [0.2, 0.25) is 0 Å². The minimum Gasteiger partial charge on any atom is -0.309 e. The lowest BCUT2D eigenvalue weighted by molar-refractivity contribution is 1.18. The van der Waals surface area contributed by atoms with Crippen LogP contribution in [0.3, 0.4) is 0 Å². The molecule has 0 spiro atoms. The predicted octanol–water partition coefficient (Wildman–Crippen LogP) is 25.2. The Hall–Kier alpha value is -13.0. The minimum atomic E-state index is 1.18. The van der Waals surface area contributed by atoms with Crippen LogP contribution < -0.4 is 0 Å². The monoisotopic (exact) mass is 1250 g/mol. The fourth-order valence-electron chi connectivity index (χ4n) is 15.5. The van der Waals surface area contributed by atoms with Gasteiger partial charge in [-0.15, -0.1) is 0 Å². The molecule has 4 heterocycles. The minimum absolute atomic E-state index is 1.18. The molecular formula is C94H62N4. The third-order valence-electron chi connectivity index (χ3n) is 20.1. The molecule has 4 heteroatoms. The maximum atomic E-state index is 2.38. The molecule has 0 aliphatic carbocycles. The molecule has 16 aromatic carbocycles. The summed E-state index contributed by atoms with van der Waals surface area (Å²) in [4.78, 5) is 0. The summed E-state index contributed by atoms with van der Waals surface area (Å²) in [6.45, 7) is 0. The van der Waals surface area contributed by atoms with E-state index in [-0.39, 0.29) is 0 Å². The van der Waals surface area contributed by atoms with E-state index in [1.807, 2.05) is 0 Å². The van der Waals surface area contributed by atoms with Crippen molar-refractivity contribution in [2.75, 3.05) is 0 Å². The molecule has 4 nitrogen and oxygen atoms in total. The molecular weight excluding hydrogens is 1190 g/mol. The van der Waals surface area contributed by atoms with Crippen LogP contribution in [-0.4, -0.2) is 18.3 Å². The molecule has 0 saturated carbocycles. The lowest BCUT2D eigenvalue weighted by atomic mass is 9.91. The molecule has 0 atom stereocenters. The fourth-order valence-corrected chi connectivity index (χ4v) is 15.5.